The summed E-state index contributed by atoms with van der Waals surface area (Å²) in [6.07, 6.45) is 10.1. The number of carbonyl (C=O) groups is 1. The number of ether oxygens (including phenoxy) is 1. The van der Waals surface area contributed by atoms with Gasteiger partial charge in [0.1, 0.15) is 11.6 Å². The van der Waals surface area contributed by atoms with Gasteiger partial charge in [0.15, 0.2) is 0 Å². The second-order valence-electron chi connectivity index (χ2n) is 7.74. The molecule has 0 bridgehead atoms. The number of hydrogen-bond donors (Lipinski definition) is 1. The van der Waals surface area contributed by atoms with Crippen molar-refractivity contribution in [2.24, 2.45) is 5.92 Å². The van der Waals surface area contributed by atoms with E-state index < -0.39 is 12.0 Å². The molecule has 3 aliphatic heterocycles. The van der Waals surface area contributed by atoms with Gasteiger partial charge in [-0.3, -0.25) is 14.6 Å². The molecule has 3 heterocycles. The van der Waals surface area contributed by atoms with Crippen LogP contribution in [-0.4, -0.2) is 70.8 Å². The first-order valence-electron chi connectivity index (χ1n) is 8.74. The highest BCUT2D eigenvalue weighted by atomic mass is 16.5. The van der Waals surface area contributed by atoms with Crippen molar-refractivity contribution in [2.45, 2.75) is 56.7 Å². The summed E-state index contributed by atoms with van der Waals surface area (Å²) >= 11 is 0. The first-order chi connectivity index (χ1) is 10.9. The molecule has 5 heteroatoms. The van der Waals surface area contributed by atoms with E-state index in [1.807, 2.05) is 13.8 Å². The van der Waals surface area contributed by atoms with Gasteiger partial charge in [0.25, 0.3) is 0 Å². The second kappa shape index (κ2) is 6.08. The van der Waals surface area contributed by atoms with E-state index in [0.29, 0.717) is 13.2 Å². The Balaban J connectivity index is 1.84. The van der Waals surface area contributed by atoms with Crippen LogP contribution in [0.15, 0.2) is 0 Å². The molecular formula is C18H28N2O3. The van der Waals surface area contributed by atoms with Crippen LogP contribution in [0.3, 0.4) is 0 Å². The van der Waals surface area contributed by atoms with Gasteiger partial charge in [-0.15, -0.1) is 6.42 Å². The lowest BCUT2D eigenvalue weighted by molar-refractivity contribution is -0.154. The topological polar surface area (TPSA) is 53.0 Å². The van der Waals surface area contributed by atoms with Gasteiger partial charge in [-0.05, 0) is 44.7 Å². The largest absolute Gasteiger partial charge is 0.480 e. The van der Waals surface area contributed by atoms with Crippen molar-refractivity contribution in [2.75, 3.05) is 32.8 Å². The average molecular weight is 320 g/mol. The van der Waals surface area contributed by atoms with Crippen molar-refractivity contribution in [3.8, 4) is 12.3 Å². The number of hydrogen-bond acceptors (Lipinski definition) is 4. The predicted molar refractivity (Wildman–Crippen MR) is 88.1 cm³/mol. The number of carboxylic acid groups (broad SMARTS) is 1. The minimum absolute atomic E-state index is 0.0367. The molecule has 1 N–H and O–H groups in total. The fraction of sp³-hybridized carbons (Fsp3) is 0.833. The fourth-order valence-electron chi connectivity index (χ4n) is 4.74. The molecule has 3 saturated heterocycles. The van der Waals surface area contributed by atoms with E-state index in [4.69, 9.17) is 11.2 Å². The van der Waals surface area contributed by atoms with Crippen LogP contribution in [0.4, 0.5) is 0 Å². The van der Waals surface area contributed by atoms with Gasteiger partial charge < -0.3 is 9.84 Å². The van der Waals surface area contributed by atoms with E-state index in [1.54, 1.807) is 0 Å². The Labute approximate surface area is 139 Å². The SMILES string of the molecule is C#CC1(N2CCC[C@]3(CCCN3[C@H](C(=O)O)C(C)C)C2)COC1. The summed E-state index contributed by atoms with van der Waals surface area (Å²) in [6, 6.07) is -0.406. The Bertz CT molecular complexity index is 509. The number of nitrogens with zero attached hydrogens (tertiary/aromatic N) is 2. The summed E-state index contributed by atoms with van der Waals surface area (Å²) in [5.41, 5.74) is -0.302. The van der Waals surface area contributed by atoms with Crippen LogP contribution in [0, 0.1) is 18.3 Å². The van der Waals surface area contributed by atoms with Crippen LogP contribution in [0.1, 0.15) is 39.5 Å². The zero-order valence-electron chi connectivity index (χ0n) is 14.3. The van der Waals surface area contributed by atoms with Crippen molar-refractivity contribution in [3.05, 3.63) is 0 Å². The highest BCUT2D eigenvalue weighted by Gasteiger charge is 2.53. The van der Waals surface area contributed by atoms with Gasteiger partial charge in [0.2, 0.25) is 0 Å². The van der Waals surface area contributed by atoms with Crippen molar-refractivity contribution in [3.63, 3.8) is 0 Å². The molecule has 0 amide bonds. The highest BCUT2D eigenvalue weighted by Crippen LogP contribution is 2.42. The minimum atomic E-state index is -0.697. The van der Waals surface area contributed by atoms with E-state index in [2.05, 4.69) is 15.7 Å². The Hall–Kier alpha value is -1.09. The molecule has 3 fully saturated rings. The average Bonchev–Trinajstić information content (AvgIpc) is 2.81. The summed E-state index contributed by atoms with van der Waals surface area (Å²) < 4.78 is 5.39. The van der Waals surface area contributed by atoms with Gasteiger partial charge in [-0.25, -0.2) is 0 Å². The third-order valence-corrected chi connectivity index (χ3v) is 5.98. The Morgan fingerprint density at radius 3 is 2.39 bits per heavy atom. The van der Waals surface area contributed by atoms with Crippen LogP contribution in [0.25, 0.3) is 0 Å². The van der Waals surface area contributed by atoms with Crippen LogP contribution in [0.5, 0.6) is 0 Å². The van der Waals surface area contributed by atoms with Gasteiger partial charge in [-0.1, -0.05) is 19.8 Å². The van der Waals surface area contributed by atoms with Crippen molar-refractivity contribution >= 4 is 5.97 Å². The van der Waals surface area contributed by atoms with Crippen LogP contribution < -0.4 is 0 Å². The van der Waals surface area contributed by atoms with Gasteiger partial charge >= 0.3 is 5.97 Å². The summed E-state index contributed by atoms with van der Waals surface area (Å²) in [5.74, 6) is 2.35. The predicted octanol–water partition coefficient (Wildman–Crippen LogP) is 1.43. The molecular weight excluding hydrogens is 292 g/mol. The molecule has 3 aliphatic rings. The Kier molecular flexibility index (Phi) is 4.43. The van der Waals surface area contributed by atoms with E-state index in [0.717, 1.165) is 45.3 Å². The van der Waals surface area contributed by atoms with E-state index in [9.17, 15) is 9.90 Å². The first kappa shape index (κ1) is 16.8. The Morgan fingerprint density at radius 2 is 1.91 bits per heavy atom. The highest BCUT2D eigenvalue weighted by molar-refractivity contribution is 5.74. The van der Waals surface area contributed by atoms with E-state index >= 15 is 0 Å². The molecule has 1 spiro atoms. The molecule has 0 aromatic heterocycles. The first-order valence-corrected chi connectivity index (χ1v) is 8.74. The second-order valence-corrected chi connectivity index (χ2v) is 7.74. The van der Waals surface area contributed by atoms with Crippen molar-refractivity contribution in [1.82, 2.24) is 9.80 Å². The zero-order chi connectivity index (χ0) is 16.7. The third kappa shape index (κ3) is 2.67. The number of aliphatic carboxylic acids is 1. The van der Waals surface area contributed by atoms with E-state index in [1.165, 1.54) is 0 Å². The monoisotopic (exact) mass is 320 g/mol. The number of terminal acetylenes is 1. The molecule has 0 aromatic carbocycles. The standard InChI is InChI=1S/C18H28N2O3/c1-4-17(12-23-13-17)19-9-5-7-18(11-19)8-6-10-20(18)15(14(2)3)16(21)22/h1,14-15H,5-13H2,2-3H3,(H,21,22)/t15-,18-/m0/s1. The molecule has 0 unspecified atom stereocenters. The number of carboxylic acids is 1. The number of likely N-dealkylation sites (tertiary alicyclic amines) is 2. The minimum Gasteiger partial charge on any atom is -0.480 e. The van der Waals surface area contributed by atoms with Crippen LogP contribution in [-0.2, 0) is 9.53 Å². The van der Waals surface area contributed by atoms with Crippen molar-refractivity contribution < 1.29 is 14.6 Å². The summed E-state index contributed by atoms with van der Waals surface area (Å²) in [5, 5.41) is 9.74. The normalized spacial score (nSPS) is 32.6. The Morgan fingerprint density at radius 1 is 1.26 bits per heavy atom. The number of piperidine rings is 1. The fourth-order valence-corrected chi connectivity index (χ4v) is 4.74. The van der Waals surface area contributed by atoms with Crippen LogP contribution >= 0.6 is 0 Å². The maximum Gasteiger partial charge on any atom is 0.321 e. The lowest BCUT2D eigenvalue weighted by Gasteiger charge is -2.55. The molecule has 0 saturated carbocycles. The van der Waals surface area contributed by atoms with Gasteiger partial charge in [0.05, 0.1) is 13.2 Å². The molecule has 0 aliphatic carbocycles. The molecule has 3 rings (SSSR count). The molecule has 0 radical (unpaired) electrons. The third-order valence-electron chi connectivity index (χ3n) is 5.98. The summed E-state index contributed by atoms with van der Waals surface area (Å²) in [7, 11) is 0. The molecule has 128 valence electrons. The lowest BCUT2D eigenvalue weighted by atomic mass is 9.81. The van der Waals surface area contributed by atoms with E-state index in [-0.39, 0.29) is 17.0 Å². The zero-order valence-corrected chi connectivity index (χ0v) is 14.3. The molecule has 2 atom stereocenters. The lowest BCUT2D eigenvalue weighted by Crippen LogP contribution is -2.69. The van der Waals surface area contributed by atoms with Crippen LogP contribution in [0.2, 0.25) is 0 Å². The quantitative estimate of drug-likeness (QED) is 0.794. The number of rotatable bonds is 4. The summed E-state index contributed by atoms with van der Waals surface area (Å²) in [4.78, 5) is 16.5. The maximum atomic E-state index is 11.8. The molecule has 0 aromatic rings. The van der Waals surface area contributed by atoms with Crippen molar-refractivity contribution in [1.29, 1.82) is 0 Å². The summed E-state index contributed by atoms with van der Waals surface area (Å²) in [6.45, 7) is 7.96. The van der Waals surface area contributed by atoms with Gasteiger partial charge in [0, 0.05) is 12.1 Å². The van der Waals surface area contributed by atoms with Gasteiger partial charge in [-0.2, -0.15) is 0 Å². The molecule has 5 nitrogen and oxygen atoms in total. The maximum absolute atomic E-state index is 11.8. The molecule has 23 heavy (non-hydrogen) atoms. The smallest absolute Gasteiger partial charge is 0.321 e.